The highest BCUT2D eigenvalue weighted by atomic mass is 32.2. The van der Waals surface area contributed by atoms with Crippen LogP contribution in [0.1, 0.15) is 13.8 Å². The van der Waals surface area contributed by atoms with Gasteiger partial charge in [-0.05, 0) is 6.92 Å². The zero-order chi connectivity index (χ0) is 15.0. The van der Waals surface area contributed by atoms with Crippen molar-refractivity contribution in [2.24, 2.45) is 0 Å². The third-order valence-electron chi connectivity index (χ3n) is 3.06. The van der Waals surface area contributed by atoms with Crippen molar-refractivity contribution in [2.75, 3.05) is 50.2 Å². The van der Waals surface area contributed by atoms with Gasteiger partial charge in [-0.25, -0.2) is 13.2 Å². The third-order valence-corrected chi connectivity index (χ3v) is 6.39. The summed E-state index contributed by atoms with van der Waals surface area (Å²) in [5.41, 5.74) is 0. The van der Waals surface area contributed by atoms with Gasteiger partial charge >= 0.3 is 5.97 Å². The fourth-order valence-electron chi connectivity index (χ4n) is 1.93. The van der Waals surface area contributed by atoms with E-state index in [9.17, 15) is 13.2 Å². The van der Waals surface area contributed by atoms with Crippen molar-refractivity contribution in [3.63, 3.8) is 0 Å². The van der Waals surface area contributed by atoms with E-state index >= 15 is 0 Å². The molecule has 0 saturated carbocycles. The molecule has 1 aliphatic heterocycles. The summed E-state index contributed by atoms with van der Waals surface area (Å²) in [5, 5.41) is -0.433. The highest BCUT2D eigenvalue weighted by Gasteiger charge is 2.32. The van der Waals surface area contributed by atoms with Crippen LogP contribution in [-0.4, -0.2) is 74.8 Å². The van der Waals surface area contributed by atoms with Crippen molar-refractivity contribution in [1.82, 2.24) is 4.90 Å². The molecule has 0 radical (unpaired) electrons. The van der Waals surface area contributed by atoms with Crippen LogP contribution in [0.3, 0.4) is 0 Å². The highest BCUT2D eigenvalue weighted by Crippen LogP contribution is 2.20. The summed E-state index contributed by atoms with van der Waals surface area (Å²) in [6.07, 6.45) is 0. The zero-order valence-corrected chi connectivity index (χ0v) is 13.7. The standard InChI is InChI=1S/C12H23NO5S2/c1-3-18-12(14)9-17-7-5-13-6-8-19-10-11(13)20(15,16)4-2/h11H,3-10H2,1-2H3. The molecule has 0 aliphatic carbocycles. The van der Waals surface area contributed by atoms with Gasteiger partial charge in [0.25, 0.3) is 0 Å². The molecule has 0 aromatic carbocycles. The van der Waals surface area contributed by atoms with E-state index in [1.54, 1.807) is 25.6 Å². The lowest BCUT2D eigenvalue weighted by Crippen LogP contribution is -2.49. The predicted octanol–water partition coefficient (Wildman–Crippen LogP) is 0.376. The average molecular weight is 325 g/mol. The molecule has 20 heavy (non-hydrogen) atoms. The fraction of sp³-hybridized carbons (Fsp3) is 0.917. The van der Waals surface area contributed by atoms with Crippen LogP contribution < -0.4 is 0 Å². The van der Waals surface area contributed by atoms with Gasteiger partial charge in [0.2, 0.25) is 0 Å². The molecule has 1 fully saturated rings. The molecule has 0 spiro atoms. The van der Waals surface area contributed by atoms with Gasteiger partial charge in [0, 0.05) is 30.3 Å². The lowest BCUT2D eigenvalue weighted by molar-refractivity contribution is -0.148. The fourth-order valence-corrected chi connectivity index (χ4v) is 5.04. The third kappa shape index (κ3) is 5.59. The minimum atomic E-state index is -3.07. The molecule has 0 aromatic rings. The molecular formula is C12H23NO5S2. The Morgan fingerprint density at radius 1 is 1.40 bits per heavy atom. The largest absolute Gasteiger partial charge is 0.464 e. The molecule has 1 unspecified atom stereocenters. The number of thioether (sulfide) groups is 1. The van der Waals surface area contributed by atoms with Gasteiger partial charge < -0.3 is 9.47 Å². The Bertz CT molecular complexity index is 399. The number of hydrogen-bond acceptors (Lipinski definition) is 7. The number of ether oxygens (including phenoxy) is 2. The summed E-state index contributed by atoms with van der Waals surface area (Å²) in [6, 6.07) is 0. The molecule has 8 heteroatoms. The van der Waals surface area contributed by atoms with E-state index in [4.69, 9.17) is 9.47 Å². The molecule has 0 N–H and O–H groups in total. The number of hydrogen-bond donors (Lipinski definition) is 0. The highest BCUT2D eigenvalue weighted by molar-refractivity contribution is 8.01. The second kappa shape index (κ2) is 8.86. The van der Waals surface area contributed by atoms with E-state index in [0.717, 1.165) is 12.3 Å². The van der Waals surface area contributed by atoms with Gasteiger partial charge in [-0.3, -0.25) is 4.90 Å². The van der Waals surface area contributed by atoms with Crippen molar-refractivity contribution < 1.29 is 22.7 Å². The van der Waals surface area contributed by atoms with Crippen LogP contribution >= 0.6 is 11.8 Å². The quantitative estimate of drug-likeness (QED) is 0.472. The minimum absolute atomic E-state index is 0.0817. The number of rotatable bonds is 8. The normalized spacial score (nSPS) is 20.8. The summed E-state index contributed by atoms with van der Waals surface area (Å²) in [4.78, 5) is 13.0. The average Bonchev–Trinajstić information content (AvgIpc) is 2.44. The van der Waals surface area contributed by atoms with Crippen LogP contribution in [0.15, 0.2) is 0 Å². The van der Waals surface area contributed by atoms with Gasteiger partial charge in [0.15, 0.2) is 9.84 Å². The predicted molar refractivity (Wildman–Crippen MR) is 79.6 cm³/mol. The number of esters is 1. The van der Waals surface area contributed by atoms with Crippen LogP contribution in [-0.2, 0) is 24.1 Å². The molecular weight excluding hydrogens is 302 g/mol. The number of sulfone groups is 1. The zero-order valence-electron chi connectivity index (χ0n) is 12.0. The monoisotopic (exact) mass is 325 g/mol. The maximum atomic E-state index is 12.0. The first-order valence-corrected chi connectivity index (χ1v) is 9.65. The smallest absolute Gasteiger partial charge is 0.332 e. The summed E-state index contributed by atoms with van der Waals surface area (Å²) in [5.74, 6) is 1.29. The summed E-state index contributed by atoms with van der Waals surface area (Å²) in [7, 11) is -3.07. The SMILES string of the molecule is CCOC(=O)COCCN1CCSCC1S(=O)(=O)CC. The first-order valence-electron chi connectivity index (χ1n) is 6.78. The molecule has 0 aromatic heterocycles. The van der Waals surface area contributed by atoms with E-state index in [1.807, 2.05) is 4.90 Å². The Hall–Kier alpha value is -0.310. The molecule has 6 nitrogen and oxygen atoms in total. The maximum absolute atomic E-state index is 12.0. The van der Waals surface area contributed by atoms with Crippen molar-refractivity contribution in [3.8, 4) is 0 Å². The Labute approximate surface area is 125 Å². The van der Waals surface area contributed by atoms with E-state index < -0.39 is 15.2 Å². The topological polar surface area (TPSA) is 72.9 Å². The minimum Gasteiger partial charge on any atom is -0.464 e. The van der Waals surface area contributed by atoms with Crippen LogP contribution in [0.25, 0.3) is 0 Å². The second-order valence-electron chi connectivity index (χ2n) is 4.37. The first-order chi connectivity index (χ1) is 9.51. The van der Waals surface area contributed by atoms with Crippen molar-refractivity contribution >= 4 is 27.6 Å². The number of nitrogens with zero attached hydrogens (tertiary/aromatic N) is 1. The Morgan fingerprint density at radius 2 is 2.15 bits per heavy atom. The van der Waals surface area contributed by atoms with Gasteiger partial charge in [0.05, 0.1) is 13.2 Å². The first kappa shape index (κ1) is 17.7. The van der Waals surface area contributed by atoms with Crippen molar-refractivity contribution in [1.29, 1.82) is 0 Å². The molecule has 1 atom stereocenters. The summed E-state index contributed by atoms with van der Waals surface area (Å²) < 4.78 is 34.0. The molecule has 1 rings (SSSR count). The molecule has 1 saturated heterocycles. The number of carbonyl (C=O) groups is 1. The number of carbonyl (C=O) groups excluding carboxylic acids is 1. The van der Waals surface area contributed by atoms with Crippen LogP contribution in [0.4, 0.5) is 0 Å². The summed E-state index contributed by atoms with van der Waals surface area (Å²) >= 11 is 1.66. The van der Waals surface area contributed by atoms with E-state index in [1.165, 1.54) is 0 Å². The van der Waals surface area contributed by atoms with Gasteiger partial charge in [-0.2, -0.15) is 11.8 Å². The Balaban J connectivity index is 2.38. The second-order valence-corrected chi connectivity index (χ2v) is 7.97. The Morgan fingerprint density at radius 3 is 2.80 bits per heavy atom. The van der Waals surface area contributed by atoms with E-state index in [0.29, 0.717) is 25.5 Å². The van der Waals surface area contributed by atoms with Crippen molar-refractivity contribution in [3.05, 3.63) is 0 Å². The summed E-state index contributed by atoms with van der Waals surface area (Å²) in [6.45, 7) is 5.25. The van der Waals surface area contributed by atoms with E-state index in [2.05, 4.69) is 0 Å². The lowest BCUT2D eigenvalue weighted by Gasteiger charge is -2.34. The van der Waals surface area contributed by atoms with Crippen LogP contribution in [0.2, 0.25) is 0 Å². The van der Waals surface area contributed by atoms with Crippen molar-refractivity contribution in [2.45, 2.75) is 19.2 Å². The van der Waals surface area contributed by atoms with Crippen LogP contribution in [0.5, 0.6) is 0 Å². The van der Waals surface area contributed by atoms with Crippen LogP contribution in [0, 0.1) is 0 Å². The molecule has 0 bridgehead atoms. The Kier molecular flexibility index (Phi) is 7.86. The molecule has 0 amide bonds. The van der Waals surface area contributed by atoms with Gasteiger partial charge in [0.1, 0.15) is 12.0 Å². The molecule has 1 aliphatic rings. The molecule has 1 heterocycles. The van der Waals surface area contributed by atoms with Gasteiger partial charge in [-0.1, -0.05) is 6.92 Å². The van der Waals surface area contributed by atoms with Gasteiger partial charge in [-0.15, -0.1) is 0 Å². The lowest BCUT2D eigenvalue weighted by atomic mass is 10.4. The van der Waals surface area contributed by atoms with E-state index in [-0.39, 0.29) is 18.3 Å². The molecule has 118 valence electrons. The maximum Gasteiger partial charge on any atom is 0.332 e.